The zero-order chi connectivity index (χ0) is 39.5. The predicted molar refractivity (Wildman–Crippen MR) is 252 cm³/mol. The summed E-state index contributed by atoms with van der Waals surface area (Å²) in [6.45, 7) is 0. The number of nitrogens with two attached hydrogens (primary N) is 1. The second kappa shape index (κ2) is 18.2. The van der Waals surface area contributed by atoms with Gasteiger partial charge in [0.15, 0.2) is 0 Å². The second-order valence-corrected chi connectivity index (χ2v) is 15.8. The van der Waals surface area contributed by atoms with Crippen molar-refractivity contribution in [1.82, 2.24) is 0 Å². The van der Waals surface area contributed by atoms with Gasteiger partial charge in [0.2, 0.25) is 0 Å². The van der Waals surface area contributed by atoms with Gasteiger partial charge in [-0.2, -0.15) is 0 Å². The van der Waals surface area contributed by atoms with E-state index in [1.165, 1.54) is 5.56 Å². The molecule has 8 aromatic carbocycles. The van der Waals surface area contributed by atoms with Crippen molar-refractivity contribution >= 4 is 120 Å². The number of fused-ring (bicyclic) bond motifs is 6. The molecule has 10 rings (SSSR count). The van der Waals surface area contributed by atoms with Gasteiger partial charge in [-0.25, -0.2) is 0 Å². The van der Waals surface area contributed by atoms with E-state index in [1.54, 1.807) is 0 Å². The van der Waals surface area contributed by atoms with Crippen molar-refractivity contribution in [1.29, 1.82) is 0 Å². The van der Waals surface area contributed by atoms with Crippen molar-refractivity contribution in [3.05, 3.63) is 206 Å². The molecule has 0 aliphatic heterocycles. The molecule has 4 radical (unpaired) electrons. The highest BCUT2D eigenvalue weighted by atomic mass is 79.9. The van der Waals surface area contributed by atoms with Crippen LogP contribution in [0.4, 0.5) is 5.69 Å². The van der Waals surface area contributed by atoms with Gasteiger partial charge in [-0.15, -0.1) is 0 Å². The van der Waals surface area contributed by atoms with E-state index >= 15 is 0 Å². The summed E-state index contributed by atoms with van der Waals surface area (Å²) >= 11 is 28.3. The molecule has 0 saturated carbocycles. The highest BCUT2D eigenvalue weighted by Gasteiger charge is 2.13. The maximum atomic E-state index is 6.54. The fourth-order valence-electron chi connectivity index (χ4n) is 6.77. The minimum Gasteiger partial charge on any atom is -1.00 e. The maximum Gasteiger partial charge on any atom is 0.135 e. The number of benzene rings is 8. The average molecular weight is 899 g/mol. The predicted octanol–water partition coefficient (Wildman–Crippen LogP) is 16.4. The van der Waals surface area contributed by atoms with Crippen molar-refractivity contribution in [2.75, 3.05) is 5.73 Å². The van der Waals surface area contributed by atoms with Gasteiger partial charge in [-0.3, -0.25) is 0 Å². The average Bonchev–Trinajstić information content (AvgIpc) is 3.80. The Morgan fingerprint density at radius 3 is 1.47 bits per heavy atom. The Bertz CT molecular complexity index is 3000. The van der Waals surface area contributed by atoms with E-state index in [-0.39, 0.29) is 8.41 Å². The van der Waals surface area contributed by atoms with Crippen LogP contribution < -0.4 is 5.73 Å². The first-order valence-corrected chi connectivity index (χ1v) is 20.3. The van der Waals surface area contributed by atoms with Crippen molar-refractivity contribution in [3.8, 4) is 22.3 Å². The lowest BCUT2D eigenvalue weighted by atomic mass is 9.98. The summed E-state index contributed by atoms with van der Waals surface area (Å²) in [4.78, 5) is 0. The lowest BCUT2D eigenvalue weighted by molar-refractivity contribution is 0.668. The van der Waals surface area contributed by atoms with Crippen molar-refractivity contribution in [3.63, 3.8) is 0 Å². The summed E-state index contributed by atoms with van der Waals surface area (Å²) in [5.41, 5.74) is 16.6. The highest BCUT2D eigenvalue weighted by Crippen LogP contribution is 2.37. The van der Waals surface area contributed by atoms with E-state index in [0.29, 0.717) is 26.5 Å². The molecule has 9 heteroatoms. The van der Waals surface area contributed by atoms with Gasteiger partial charge in [0.05, 0.1) is 20.1 Å². The van der Waals surface area contributed by atoms with Crippen molar-refractivity contribution in [2.45, 2.75) is 6.42 Å². The van der Waals surface area contributed by atoms with Crippen LogP contribution in [0.5, 0.6) is 0 Å². The van der Waals surface area contributed by atoms with Crippen LogP contribution >= 0.6 is 62.3 Å². The molecule has 0 fully saturated rings. The second-order valence-electron chi connectivity index (χ2n) is 13.4. The van der Waals surface area contributed by atoms with Gasteiger partial charge < -0.3 is 23.0 Å². The number of halogens is 5. The summed E-state index contributed by atoms with van der Waals surface area (Å²) in [7, 11) is 0. The molecular formula is C49H32BBrCl4NO2-. The van der Waals surface area contributed by atoms with Crippen molar-refractivity contribution < 1.29 is 8.83 Å². The van der Waals surface area contributed by atoms with E-state index in [1.807, 2.05) is 133 Å². The SMILES string of the molecule is Clc1cc(-c2ccccc2)cc(Br)c1Cl.Clc1cc(-c2ccccc2)cc(Cc2ccc3oc4ccccc4c3c2)c1Cl.Nc1ccc2oc3ccccc3c2c1.[B-]. The van der Waals surface area contributed by atoms with Crippen LogP contribution in [0, 0.1) is 0 Å². The Morgan fingerprint density at radius 1 is 0.431 bits per heavy atom. The summed E-state index contributed by atoms with van der Waals surface area (Å²) in [5, 5.41) is 6.75. The Balaban J connectivity index is 0.000000144. The molecule has 0 spiro atoms. The van der Waals surface area contributed by atoms with Crippen LogP contribution in [0.1, 0.15) is 11.1 Å². The van der Waals surface area contributed by atoms with Gasteiger partial charge in [-0.1, -0.05) is 150 Å². The first kappa shape index (κ1) is 41.0. The molecule has 0 aliphatic carbocycles. The largest absolute Gasteiger partial charge is 1.00 e. The molecule has 2 aromatic heterocycles. The van der Waals surface area contributed by atoms with Crippen molar-refractivity contribution in [2.24, 2.45) is 0 Å². The summed E-state index contributed by atoms with van der Waals surface area (Å²) in [6, 6.07) is 56.2. The zero-order valence-corrected chi connectivity index (χ0v) is 35.3. The molecule has 58 heavy (non-hydrogen) atoms. The van der Waals surface area contributed by atoms with Crippen LogP contribution in [-0.2, 0) is 6.42 Å². The van der Waals surface area contributed by atoms with Gasteiger partial charge in [0, 0.05) is 31.7 Å². The molecule has 0 aliphatic rings. The summed E-state index contributed by atoms with van der Waals surface area (Å²) in [5.74, 6) is 0. The molecule has 284 valence electrons. The summed E-state index contributed by atoms with van der Waals surface area (Å²) < 4.78 is 12.4. The molecule has 3 nitrogen and oxygen atoms in total. The third-order valence-electron chi connectivity index (χ3n) is 9.54. The number of rotatable bonds is 4. The van der Waals surface area contributed by atoms with Crippen LogP contribution in [0.2, 0.25) is 20.1 Å². The number of hydrogen-bond donors (Lipinski definition) is 1. The fourth-order valence-corrected chi connectivity index (χ4v) is 8.09. The molecule has 0 amide bonds. The number of anilines is 1. The van der Waals surface area contributed by atoms with E-state index < -0.39 is 0 Å². The van der Waals surface area contributed by atoms with E-state index in [0.717, 1.165) is 81.9 Å². The minimum absolute atomic E-state index is 0. The molecule has 0 atom stereocenters. The van der Waals surface area contributed by atoms with E-state index in [9.17, 15) is 0 Å². The van der Waals surface area contributed by atoms with Crippen LogP contribution in [0.3, 0.4) is 0 Å². The van der Waals surface area contributed by atoms with E-state index in [4.69, 9.17) is 61.0 Å². The Morgan fingerprint density at radius 2 is 0.897 bits per heavy atom. The number of nitrogen functional groups attached to an aromatic ring is 1. The first-order valence-electron chi connectivity index (χ1n) is 18.0. The molecular weight excluding hydrogens is 867 g/mol. The highest BCUT2D eigenvalue weighted by molar-refractivity contribution is 9.10. The molecule has 2 N–H and O–H groups in total. The Labute approximate surface area is 366 Å². The van der Waals surface area contributed by atoms with Gasteiger partial charge in [-0.05, 0) is 122 Å². The fraction of sp³-hybridized carbons (Fsp3) is 0.0204. The molecule has 0 bridgehead atoms. The quantitative estimate of drug-likeness (QED) is 0.109. The molecule has 0 saturated heterocycles. The Kier molecular flexibility index (Phi) is 12.9. The minimum atomic E-state index is 0. The zero-order valence-electron chi connectivity index (χ0n) is 30.7. The lowest BCUT2D eigenvalue weighted by Gasteiger charge is -2.11. The molecule has 2 heterocycles. The number of furan rings is 2. The first-order chi connectivity index (χ1) is 27.7. The van der Waals surface area contributed by atoms with Crippen LogP contribution in [0.25, 0.3) is 66.1 Å². The Hall–Kier alpha value is -5.14. The van der Waals surface area contributed by atoms with Gasteiger partial charge in [0.25, 0.3) is 0 Å². The van der Waals surface area contributed by atoms with Crippen LogP contribution in [0.15, 0.2) is 183 Å². The normalized spacial score (nSPS) is 10.8. The molecule has 10 aromatic rings. The van der Waals surface area contributed by atoms with Crippen LogP contribution in [-0.4, -0.2) is 8.41 Å². The smallest absolute Gasteiger partial charge is 0.135 e. The van der Waals surface area contributed by atoms with Gasteiger partial charge in [0.1, 0.15) is 22.3 Å². The number of para-hydroxylation sites is 2. The standard InChI is InChI=1S/C25H16Cl2O.C12H7BrCl2.C12H9NO.B/c26-22-15-18(17-6-2-1-3-7-17)14-19(25(22)27)12-16-10-11-24-21(13-16)20-8-4-5-9-23(20)28-24;13-10-6-9(7-11(14)12(10)15)8-4-2-1-3-5-8;13-8-5-6-12-10(7-8)9-3-1-2-4-11(9)14-12;/h1-11,13-15H,12H2;1-7H;1-7H,13H2;/q;;;-1. The topological polar surface area (TPSA) is 52.3 Å². The summed E-state index contributed by atoms with van der Waals surface area (Å²) in [6.07, 6.45) is 0.703. The molecule has 0 unspecified atom stereocenters. The van der Waals surface area contributed by atoms with Gasteiger partial charge >= 0.3 is 0 Å². The number of hydrogen-bond acceptors (Lipinski definition) is 3. The monoisotopic (exact) mass is 896 g/mol. The van der Waals surface area contributed by atoms with E-state index in [2.05, 4.69) is 52.3 Å². The maximum absolute atomic E-state index is 6.54. The third kappa shape index (κ3) is 8.95. The third-order valence-corrected chi connectivity index (χ3v) is 12.0. The lowest BCUT2D eigenvalue weighted by Crippen LogP contribution is -1.92.